The standard InChI is InChI=1S/C13H13NO5/c1-9(15)19-11(8-13(17)18)7-12(16)14-10-5-3-2-4-6-10/h2-6,8H,7H2,1H3,(H,14,16)(H,17,18)/b11-8-. The summed E-state index contributed by atoms with van der Waals surface area (Å²) in [5, 5.41) is 11.2. The van der Waals surface area contributed by atoms with Crippen molar-refractivity contribution >= 4 is 23.5 Å². The van der Waals surface area contributed by atoms with Gasteiger partial charge >= 0.3 is 11.9 Å². The average Bonchev–Trinajstić information content (AvgIpc) is 2.27. The SMILES string of the molecule is CC(=O)O/C(=C\C(=O)O)CC(=O)Nc1ccccc1. The minimum Gasteiger partial charge on any atom is -0.478 e. The number of carbonyl (C=O) groups excluding carboxylic acids is 2. The maximum atomic E-state index is 11.6. The Morgan fingerprint density at radius 2 is 1.89 bits per heavy atom. The molecule has 1 amide bonds. The fraction of sp³-hybridized carbons (Fsp3) is 0.154. The molecule has 0 saturated carbocycles. The van der Waals surface area contributed by atoms with E-state index in [1.807, 2.05) is 0 Å². The highest BCUT2D eigenvalue weighted by molar-refractivity contribution is 5.93. The van der Waals surface area contributed by atoms with Crippen LogP contribution >= 0.6 is 0 Å². The largest absolute Gasteiger partial charge is 0.478 e. The fourth-order valence-corrected chi connectivity index (χ4v) is 1.32. The Balaban J connectivity index is 2.66. The predicted molar refractivity (Wildman–Crippen MR) is 67.2 cm³/mol. The molecule has 100 valence electrons. The topological polar surface area (TPSA) is 92.7 Å². The van der Waals surface area contributed by atoms with Crippen LogP contribution in [0.1, 0.15) is 13.3 Å². The van der Waals surface area contributed by atoms with Crippen molar-refractivity contribution in [1.29, 1.82) is 0 Å². The number of ether oxygens (including phenoxy) is 1. The van der Waals surface area contributed by atoms with Gasteiger partial charge in [0.1, 0.15) is 5.76 Å². The molecular formula is C13H13NO5. The smallest absolute Gasteiger partial charge is 0.331 e. The van der Waals surface area contributed by atoms with Crippen molar-refractivity contribution in [2.24, 2.45) is 0 Å². The van der Waals surface area contributed by atoms with E-state index in [9.17, 15) is 14.4 Å². The molecule has 6 nitrogen and oxygen atoms in total. The summed E-state index contributed by atoms with van der Waals surface area (Å²) in [6.45, 7) is 1.13. The maximum absolute atomic E-state index is 11.6. The number of para-hydroxylation sites is 1. The van der Waals surface area contributed by atoms with Gasteiger partial charge in [0.05, 0.1) is 12.5 Å². The molecule has 1 rings (SSSR count). The Hall–Kier alpha value is -2.63. The number of esters is 1. The molecule has 6 heteroatoms. The molecule has 19 heavy (non-hydrogen) atoms. The Morgan fingerprint density at radius 3 is 2.42 bits per heavy atom. The zero-order chi connectivity index (χ0) is 14.3. The van der Waals surface area contributed by atoms with Crippen LogP contribution in [0.3, 0.4) is 0 Å². The molecule has 0 atom stereocenters. The summed E-state index contributed by atoms with van der Waals surface area (Å²) in [7, 11) is 0. The van der Waals surface area contributed by atoms with Gasteiger partial charge in [-0.1, -0.05) is 18.2 Å². The van der Waals surface area contributed by atoms with Crippen LogP contribution in [-0.2, 0) is 19.1 Å². The summed E-state index contributed by atoms with van der Waals surface area (Å²) in [6, 6.07) is 8.66. The average molecular weight is 263 g/mol. The van der Waals surface area contributed by atoms with Crippen LogP contribution in [0, 0.1) is 0 Å². The van der Waals surface area contributed by atoms with E-state index in [4.69, 9.17) is 5.11 Å². The Kier molecular flexibility index (Phi) is 5.28. The molecule has 0 fully saturated rings. The summed E-state index contributed by atoms with van der Waals surface area (Å²) in [4.78, 5) is 33.0. The summed E-state index contributed by atoms with van der Waals surface area (Å²) in [5.74, 6) is -2.66. The third kappa shape index (κ3) is 6.02. The van der Waals surface area contributed by atoms with E-state index >= 15 is 0 Å². The number of carbonyl (C=O) groups is 3. The normalized spacial score (nSPS) is 10.7. The minimum absolute atomic E-state index is 0.214. The third-order valence-electron chi connectivity index (χ3n) is 1.95. The number of amides is 1. The molecule has 0 aliphatic rings. The number of nitrogens with one attached hydrogen (secondary N) is 1. The number of hydrogen-bond donors (Lipinski definition) is 2. The molecule has 0 bridgehead atoms. The minimum atomic E-state index is -1.29. The number of benzene rings is 1. The van der Waals surface area contributed by atoms with Gasteiger partial charge in [0.2, 0.25) is 5.91 Å². The van der Waals surface area contributed by atoms with Crippen LogP contribution in [0.5, 0.6) is 0 Å². The molecule has 0 unspecified atom stereocenters. The van der Waals surface area contributed by atoms with Gasteiger partial charge < -0.3 is 15.2 Å². The predicted octanol–water partition coefficient (Wildman–Crippen LogP) is 1.55. The lowest BCUT2D eigenvalue weighted by atomic mass is 10.2. The summed E-state index contributed by atoms with van der Waals surface area (Å²) in [6.07, 6.45) is 0.354. The number of carboxylic acids is 1. The molecule has 0 spiro atoms. The second kappa shape index (κ2) is 6.95. The van der Waals surface area contributed by atoms with Crippen molar-refractivity contribution in [3.8, 4) is 0 Å². The highest BCUT2D eigenvalue weighted by Crippen LogP contribution is 2.09. The molecule has 1 aromatic rings. The first-order valence-corrected chi connectivity index (χ1v) is 5.44. The lowest BCUT2D eigenvalue weighted by Gasteiger charge is -2.07. The van der Waals surface area contributed by atoms with E-state index in [1.54, 1.807) is 30.3 Å². The van der Waals surface area contributed by atoms with Crippen LogP contribution in [-0.4, -0.2) is 23.0 Å². The molecule has 0 heterocycles. The first-order valence-electron chi connectivity index (χ1n) is 5.44. The van der Waals surface area contributed by atoms with Crippen LogP contribution < -0.4 is 5.32 Å². The van der Waals surface area contributed by atoms with E-state index in [0.29, 0.717) is 11.8 Å². The van der Waals surface area contributed by atoms with Gasteiger partial charge in [-0.15, -0.1) is 0 Å². The molecule has 1 aromatic carbocycles. The lowest BCUT2D eigenvalue weighted by Crippen LogP contribution is -2.15. The molecule has 2 N–H and O–H groups in total. The third-order valence-corrected chi connectivity index (χ3v) is 1.95. The monoisotopic (exact) mass is 263 g/mol. The van der Waals surface area contributed by atoms with Crippen molar-refractivity contribution in [2.45, 2.75) is 13.3 Å². The van der Waals surface area contributed by atoms with Crippen LogP contribution in [0.25, 0.3) is 0 Å². The zero-order valence-electron chi connectivity index (χ0n) is 10.3. The molecule has 0 radical (unpaired) electrons. The van der Waals surface area contributed by atoms with Gasteiger partial charge in [-0.05, 0) is 12.1 Å². The lowest BCUT2D eigenvalue weighted by molar-refractivity contribution is -0.137. The first-order chi connectivity index (χ1) is 8.97. The van der Waals surface area contributed by atoms with Gasteiger partial charge in [0.15, 0.2) is 0 Å². The van der Waals surface area contributed by atoms with E-state index in [-0.39, 0.29) is 12.2 Å². The quantitative estimate of drug-likeness (QED) is 0.477. The number of aliphatic carboxylic acids is 1. The highest BCUT2D eigenvalue weighted by atomic mass is 16.5. The van der Waals surface area contributed by atoms with Gasteiger partial charge in [-0.3, -0.25) is 9.59 Å². The van der Waals surface area contributed by atoms with Gasteiger partial charge in [0, 0.05) is 12.6 Å². The molecular weight excluding hydrogens is 250 g/mol. The van der Waals surface area contributed by atoms with Crippen LogP contribution in [0.15, 0.2) is 42.2 Å². The van der Waals surface area contributed by atoms with Crippen molar-refractivity contribution in [1.82, 2.24) is 0 Å². The van der Waals surface area contributed by atoms with Crippen LogP contribution in [0.4, 0.5) is 5.69 Å². The molecule has 0 aliphatic carbocycles. The summed E-state index contributed by atoms with van der Waals surface area (Å²) in [5.41, 5.74) is 0.574. The fourth-order valence-electron chi connectivity index (χ4n) is 1.32. The van der Waals surface area contributed by atoms with E-state index in [1.165, 1.54) is 0 Å². The van der Waals surface area contributed by atoms with Gasteiger partial charge in [-0.25, -0.2) is 4.79 Å². The van der Waals surface area contributed by atoms with E-state index < -0.39 is 17.8 Å². The number of hydrogen-bond acceptors (Lipinski definition) is 4. The first kappa shape index (κ1) is 14.4. The second-order valence-corrected chi connectivity index (χ2v) is 3.63. The van der Waals surface area contributed by atoms with Gasteiger partial charge in [0.25, 0.3) is 0 Å². The molecule has 0 aromatic heterocycles. The van der Waals surface area contributed by atoms with Crippen molar-refractivity contribution in [3.05, 3.63) is 42.2 Å². The highest BCUT2D eigenvalue weighted by Gasteiger charge is 2.11. The Bertz CT molecular complexity index is 507. The number of carboxylic acid groups (broad SMARTS) is 1. The van der Waals surface area contributed by atoms with Gasteiger partial charge in [-0.2, -0.15) is 0 Å². The van der Waals surface area contributed by atoms with Crippen molar-refractivity contribution < 1.29 is 24.2 Å². The summed E-state index contributed by atoms with van der Waals surface area (Å²) < 4.78 is 4.65. The van der Waals surface area contributed by atoms with E-state index in [0.717, 1.165) is 6.92 Å². The van der Waals surface area contributed by atoms with Crippen molar-refractivity contribution in [3.63, 3.8) is 0 Å². The number of rotatable bonds is 5. The van der Waals surface area contributed by atoms with E-state index in [2.05, 4.69) is 10.1 Å². The Labute approximate surface area is 109 Å². The number of anilines is 1. The summed E-state index contributed by atoms with van der Waals surface area (Å²) >= 11 is 0. The Morgan fingerprint density at radius 1 is 1.26 bits per heavy atom. The molecule has 0 saturated heterocycles. The molecule has 0 aliphatic heterocycles. The second-order valence-electron chi connectivity index (χ2n) is 3.63. The van der Waals surface area contributed by atoms with Crippen molar-refractivity contribution in [2.75, 3.05) is 5.32 Å². The maximum Gasteiger partial charge on any atom is 0.331 e. The zero-order valence-corrected chi connectivity index (χ0v) is 10.3. The van der Waals surface area contributed by atoms with Crippen LogP contribution in [0.2, 0.25) is 0 Å².